The summed E-state index contributed by atoms with van der Waals surface area (Å²) in [7, 11) is 0. The predicted molar refractivity (Wildman–Crippen MR) is 98.2 cm³/mol. The van der Waals surface area contributed by atoms with E-state index in [2.05, 4.69) is 64.4 Å². The van der Waals surface area contributed by atoms with E-state index in [1.165, 1.54) is 16.8 Å². The fraction of sp³-hybridized carbons (Fsp3) is 0.429. The van der Waals surface area contributed by atoms with Crippen LogP contribution in [-0.2, 0) is 13.0 Å². The van der Waals surface area contributed by atoms with Crippen LogP contribution in [0.15, 0.2) is 54.6 Å². The first-order valence-electron chi connectivity index (χ1n) is 9.07. The molecule has 1 unspecified atom stereocenters. The monoisotopic (exact) mass is 549 g/mol. The summed E-state index contributed by atoms with van der Waals surface area (Å²) in [5.74, 6) is 0.327. The fourth-order valence-corrected chi connectivity index (χ4v) is 4.38. The van der Waals surface area contributed by atoms with Crippen LogP contribution in [0.4, 0.5) is 5.69 Å². The summed E-state index contributed by atoms with van der Waals surface area (Å²) < 4.78 is 0. The van der Waals surface area contributed by atoms with Gasteiger partial charge in [0.25, 0.3) is 0 Å². The summed E-state index contributed by atoms with van der Waals surface area (Å²) in [4.78, 5) is 5.05. The summed E-state index contributed by atoms with van der Waals surface area (Å²) >= 11 is 0. The number of fused-ring (bicyclic) bond motifs is 1. The van der Waals surface area contributed by atoms with Crippen molar-refractivity contribution in [2.75, 3.05) is 31.1 Å². The van der Waals surface area contributed by atoms with Gasteiger partial charge in [-0.15, -0.1) is 0 Å². The van der Waals surface area contributed by atoms with Crippen LogP contribution in [0.3, 0.4) is 0 Å². The molecule has 0 aromatic heterocycles. The summed E-state index contributed by atoms with van der Waals surface area (Å²) in [6.45, 7) is 4.44. The maximum atomic E-state index is 10.0. The van der Waals surface area contributed by atoms with Crippen molar-refractivity contribution in [1.82, 2.24) is 4.90 Å². The zero-order chi connectivity index (χ0) is 16.4. The largest absolute Gasteiger partial charge is 0.396 e. The number of piperidine rings is 1. The van der Waals surface area contributed by atoms with Gasteiger partial charge in [-0.1, -0.05) is 48.5 Å². The minimum Gasteiger partial charge on any atom is -0.396 e. The molecule has 3 nitrogen and oxygen atoms in total. The van der Waals surface area contributed by atoms with Crippen molar-refractivity contribution < 1.29 is 49.2 Å². The van der Waals surface area contributed by atoms with Crippen molar-refractivity contribution in [2.45, 2.75) is 25.4 Å². The number of aliphatic hydroxyl groups is 1. The van der Waals surface area contributed by atoms with Gasteiger partial charge >= 0.3 is 0 Å². The predicted octanol–water partition coefficient (Wildman–Crippen LogP) is 2.93. The molecule has 1 fully saturated rings. The van der Waals surface area contributed by atoms with Crippen molar-refractivity contribution in [2.24, 2.45) is 5.92 Å². The van der Waals surface area contributed by atoms with E-state index in [4.69, 9.17) is 0 Å². The smallest absolute Gasteiger partial charge is 0.0491 e. The molecule has 129 valence electrons. The molecule has 2 aromatic carbocycles. The Bertz CT molecular complexity index is 679. The molecule has 0 bridgehead atoms. The zero-order valence-electron chi connectivity index (χ0n) is 14.7. The molecule has 25 heavy (non-hydrogen) atoms. The number of likely N-dealkylation sites (tertiary alicyclic amines) is 1. The minimum atomic E-state index is 0. The second-order valence-electron chi connectivity index (χ2n) is 7.09. The van der Waals surface area contributed by atoms with Gasteiger partial charge in [0.1, 0.15) is 0 Å². The zero-order valence-corrected chi connectivity index (χ0v) is 19.5. The van der Waals surface area contributed by atoms with Crippen LogP contribution in [0.2, 0.25) is 0 Å². The van der Waals surface area contributed by atoms with Gasteiger partial charge in [-0.05, 0) is 30.0 Å². The third kappa shape index (κ3) is 4.30. The molecule has 2 aliphatic heterocycles. The molecule has 1 N–H and O–H groups in total. The molecule has 4 rings (SSSR count). The Hall–Kier alpha value is -0.398. The molecule has 2 aromatic rings. The van der Waals surface area contributed by atoms with Crippen LogP contribution in [0, 0.1) is 50.0 Å². The maximum absolute atomic E-state index is 10.0. The number of hydrogen-bond donors (Lipinski definition) is 1. The average Bonchev–Trinajstić information content (AvgIpc) is 3.06. The van der Waals surface area contributed by atoms with E-state index in [-0.39, 0.29) is 50.7 Å². The van der Waals surface area contributed by atoms with Crippen molar-refractivity contribution in [3.63, 3.8) is 0 Å². The Labute approximate surface area is 186 Å². The van der Waals surface area contributed by atoms with E-state index < -0.39 is 0 Å². The first-order chi connectivity index (χ1) is 11.8. The van der Waals surface area contributed by atoms with Gasteiger partial charge in [0.05, 0.1) is 0 Å². The van der Waals surface area contributed by atoms with Gasteiger partial charge in [-0.3, -0.25) is 4.90 Å². The Morgan fingerprint density at radius 3 is 2.52 bits per heavy atom. The standard InChI is InChI=1S/C21H26N2O.Ac/c24-16-19-15-22(14-17-6-2-1-3-7-17)12-11-21(19)23-13-10-18-8-4-5-9-20(18)23;/h1-9,19,21,24H,10-16H2;/t19-,21?;/m0./s1. The molecule has 2 aliphatic rings. The van der Waals surface area contributed by atoms with Crippen LogP contribution in [0.25, 0.3) is 0 Å². The number of para-hydroxylation sites is 1. The van der Waals surface area contributed by atoms with Crippen LogP contribution >= 0.6 is 0 Å². The first-order valence-corrected chi connectivity index (χ1v) is 9.07. The van der Waals surface area contributed by atoms with E-state index in [0.717, 1.165) is 39.0 Å². The molecule has 0 spiro atoms. The molecule has 1 saturated heterocycles. The van der Waals surface area contributed by atoms with Crippen molar-refractivity contribution in [1.29, 1.82) is 0 Å². The van der Waals surface area contributed by atoms with Gasteiger partial charge in [0, 0.05) is 94.5 Å². The summed E-state index contributed by atoms with van der Waals surface area (Å²) in [5, 5.41) is 10.0. The van der Waals surface area contributed by atoms with Gasteiger partial charge in [0.2, 0.25) is 0 Å². The van der Waals surface area contributed by atoms with Crippen molar-refractivity contribution in [3.8, 4) is 0 Å². The van der Waals surface area contributed by atoms with Gasteiger partial charge in [-0.2, -0.15) is 0 Å². The Kier molecular flexibility index (Phi) is 6.97. The van der Waals surface area contributed by atoms with Crippen molar-refractivity contribution >= 4 is 5.69 Å². The SMILES string of the molecule is OC[C@@H]1CN(Cc2ccccc2)CCC1N1CCc2ccccc21.[Ac]. The maximum Gasteiger partial charge on any atom is 0.0491 e. The van der Waals surface area contributed by atoms with E-state index >= 15 is 0 Å². The van der Waals surface area contributed by atoms with Crippen molar-refractivity contribution in [3.05, 3.63) is 65.7 Å². The van der Waals surface area contributed by atoms with Crippen LogP contribution < -0.4 is 4.90 Å². The second kappa shape index (κ2) is 9.00. The Balaban J connectivity index is 0.00000182. The molecule has 1 radical (unpaired) electrons. The first kappa shape index (κ1) is 19.4. The van der Waals surface area contributed by atoms with Gasteiger partial charge in [-0.25, -0.2) is 0 Å². The van der Waals surface area contributed by atoms with E-state index in [9.17, 15) is 5.11 Å². The van der Waals surface area contributed by atoms with E-state index in [1.807, 2.05) is 0 Å². The molecular weight excluding hydrogens is 523 g/mol. The number of aliphatic hydroxyl groups excluding tert-OH is 1. The van der Waals surface area contributed by atoms with Crippen LogP contribution in [0.1, 0.15) is 17.5 Å². The van der Waals surface area contributed by atoms with Gasteiger partial charge < -0.3 is 10.0 Å². The molecular formula is C21H26AcN2O. The minimum absolute atomic E-state index is 0. The topological polar surface area (TPSA) is 26.7 Å². The molecule has 0 aliphatic carbocycles. The second-order valence-corrected chi connectivity index (χ2v) is 7.09. The summed E-state index contributed by atoms with van der Waals surface area (Å²) in [6, 6.07) is 19.9. The number of anilines is 1. The molecule has 2 heterocycles. The number of nitrogens with zero attached hydrogens (tertiary/aromatic N) is 2. The van der Waals surface area contributed by atoms with Gasteiger partial charge in [0.15, 0.2) is 0 Å². The summed E-state index contributed by atoms with van der Waals surface area (Å²) in [5.41, 5.74) is 4.21. The molecule has 4 heteroatoms. The summed E-state index contributed by atoms with van der Waals surface area (Å²) in [6.07, 6.45) is 2.27. The van der Waals surface area contributed by atoms with E-state index in [0.29, 0.717) is 12.0 Å². The fourth-order valence-electron chi connectivity index (χ4n) is 4.38. The molecule has 0 saturated carbocycles. The van der Waals surface area contributed by atoms with Crippen LogP contribution in [0.5, 0.6) is 0 Å². The number of benzene rings is 2. The molecule has 0 amide bonds. The van der Waals surface area contributed by atoms with Crippen LogP contribution in [-0.4, -0.2) is 42.3 Å². The number of rotatable bonds is 4. The number of hydrogen-bond acceptors (Lipinski definition) is 3. The molecule has 2 atom stereocenters. The average molecular weight is 549 g/mol. The Morgan fingerprint density at radius 1 is 0.960 bits per heavy atom. The quantitative estimate of drug-likeness (QED) is 0.636. The Morgan fingerprint density at radius 2 is 1.72 bits per heavy atom. The third-order valence-electron chi connectivity index (χ3n) is 5.58. The normalized spacial score (nSPS) is 23.2. The third-order valence-corrected chi connectivity index (χ3v) is 5.58. The van der Waals surface area contributed by atoms with E-state index in [1.54, 1.807) is 0 Å².